The van der Waals surface area contributed by atoms with Crippen molar-refractivity contribution in [3.05, 3.63) is 42.5 Å². The fraction of sp³-hybridized carbons (Fsp3) is 0.286. The lowest BCUT2D eigenvalue weighted by Gasteiger charge is -2.19. The Hall–Kier alpha value is -3.35. The van der Waals surface area contributed by atoms with Gasteiger partial charge in [0.1, 0.15) is 0 Å². The standard InChI is InChI=1S/C21H21N5O2/c1-27-17-10-9-14(13-18(17)28-2)19-23-24-20-15-7-3-4-8-16(15)22-21(26(19)20)25-11-5-6-12-25/h3-4,7-10,13H,5-6,11-12H2,1-2H3. The number of anilines is 1. The van der Waals surface area contributed by atoms with Gasteiger partial charge in [0.25, 0.3) is 0 Å². The van der Waals surface area contributed by atoms with E-state index in [1.54, 1.807) is 14.2 Å². The molecule has 2 aromatic heterocycles. The zero-order chi connectivity index (χ0) is 19.1. The number of fused-ring (bicyclic) bond motifs is 3. The molecule has 0 N–H and O–H groups in total. The second-order valence-electron chi connectivity index (χ2n) is 6.88. The summed E-state index contributed by atoms with van der Waals surface area (Å²) >= 11 is 0. The summed E-state index contributed by atoms with van der Waals surface area (Å²) in [5.74, 6) is 2.98. The van der Waals surface area contributed by atoms with Crippen LogP contribution < -0.4 is 14.4 Å². The molecule has 7 nitrogen and oxygen atoms in total. The van der Waals surface area contributed by atoms with Crippen molar-refractivity contribution < 1.29 is 9.47 Å². The smallest absolute Gasteiger partial charge is 0.213 e. The molecule has 0 bridgehead atoms. The highest BCUT2D eigenvalue weighted by molar-refractivity contribution is 5.93. The number of nitrogens with zero attached hydrogens (tertiary/aromatic N) is 5. The third kappa shape index (κ3) is 2.54. The third-order valence-electron chi connectivity index (χ3n) is 5.26. The van der Waals surface area contributed by atoms with Gasteiger partial charge in [0.15, 0.2) is 23.0 Å². The molecule has 0 amide bonds. The van der Waals surface area contributed by atoms with Crippen LogP contribution in [0.2, 0.25) is 0 Å². The van der Waals surface area contributed by atoms with E-state index in [0.29, 0.717) is 11.5 Å². The van der Waals surface area contributed by atoms with Gasteiger partial charge in [-0.2, -0.15) is 0 Å². The van der Waals surface area contributed by atoms with Gasteiger partial charge in [-0.25, -0.2) is 9.38 Å². The van der Waals surface area contributed by atoms with E-state index in [-0.39, 0.29) is 0 Å². The number of benzene rings is 2. The molecule has 1 aliphatic heterocycles. The topological polar surface area (TPSA) is 64.8 Å². The van der Waals surface area contributed by atoms with Crippen molar-refractivity contribution >= 4 is 22.5 Å². The van der Waals surface area contributed by atoms with E-state index in [1.807, 2.05) is 42.5 Å². The summed E-state index contributed by atoms with van der Waals surface area (Å²) in [7, 11) is 3.26. The molecule has 1 saturated heterocycles. The first-order chi connectivity index (χ1) is 13.8. The number of para-hydroxylation sites is 1. The molecule has 0 atom stereocenters. The molecule has 0 aliphatic carbocycles. The molecule has 0 unspecified atom stereocenters. The van der Waals surface area contributed by atoms with E-state index in [1.165, 1.54) is 12.8 Å². The van der Waals surface area contributed by atoms with Crippen LogP contribution in [-0.2, 0) is 0 Å². The number of rotatable bonds is 4. The quantitative estimate of drug-likeness (QED) is 0.543. The molecule has 0 radical (unpaired) electrons. The van der Waals surface area contributed by atoms with Crippen LogP contribution >= 0.6 is 0 Å². The molecule has 0 spiro atoms. The van der Waals surface area contributed by atoms with Gasteiger partial charge in [-0.1, -0.05) is 12.1 Å². The number of ether oxygens (including phenoxy) is 2. The molecule has 7 heteroatoms. The molecule has 4 aromatic rings. The highest BCUT2D eigenvalue weighted by atomic mass is 16.5. The van der Waals surface area contributed by atoms with Crippen molar-refractivity contribution in [1.82, 2.24) is 19.6 Å². The average Bonchev–Trinajstić information content (AvgIpc) is 3.43. The Kier molecular flexibility index (Phi) is 4.00. The first-order valence-corrected chi connectivity index (χ1v) is 9.41. The molecule has 1 aliphatic rings. The van der Waals surface area contributed by atoms with Crippen molar-refractivity contribution in [2.45, 2.75) is 12.8 Å². The predicted octanol–water partition coefficient (Wildman–Crippen LogP) is 3.56. The number of hydrogen-bond acceptors (Lipinski definition) is 6. The van der Waals surface area contributed by atoms with Crippen LogP contribution in [-0.4, -0.2) is 46.9 Å². The highest BCUT2D eigenvalue weighted by Gasteiger charge is 2.23. The van der Waals surface area contributed by atoms with Crippen LogP contribution in [0.4, 0.5) is 5.95 Å². The van der Waals surface area contributed by atoms with Crippen molar-refractivity contribution in [2.24, 2.45) is 0 Å². The summed E-state index contributed by atoms with van der Waals surface area (Å²) in [6, 6.07) is 13.9. The Morgan fingerprint density at radius 3 is 2.46 bits per heavy atom. The zero-order valence-electron chi connectivity index (χ0n) is 15.9. The molecule has 5 rings (SSSR count). The Balaban J connectivity index is 1.79. The van der Waals surface area contributed by atoms with Gasteiger partial charge in [-0.3, -0.25) is 0 Å². The summed E-state index contributed by atoms with van der Waals surface area (Å²) in [5.41, 5.74) is 2.66. The van der Waals surface area contributed by atoms with E-state index in [2.05, 4.69) is 19.5 Å². The van der Waals surface area contributed by atoms with Gasteiger partial charge in [-0.15, -0.1) is 10.2 Å². The Morgan fingerprint density at radius 1 is 0.893 bits per heavy atom. The minimum atomic E-state index is 0.660. The van der Waals surface area contributed by atoms with Gasteiger partial charge in [-0.05, 0) is 43.2 Å². The molecule has 0 saturated carbocycles. The minimum absolute atomic E-state index is 0.660. The van der Waals surface area contributed by atoms with E-state index >= 15 is 0 Å². The molecule has 28 heavy (non-hydrogen) atoms. The third-order valence-corrected chi connectivity index (χ3v) is 5.26. The van der Waals surface area contributed by atoms with Crippen LogP contribution in [0.25, 0.3) is 27.9 Å². The molecule has 2 aromatic carbocycles. The molecule has 142 valence electrons. The van der Waals surface area contributed by atoms with Crippen LogP contribution in [0.1, 0.15) is 12.8 Å². The summed E-state index contributed by atoms with van der Waals surface area (Å²) in [5, 5.41) is 10.0. The monoisotopic (exact) mass is 375 g/mol. The Labute approximate surface area is 162 Å². The number of hydrogen-bond donors (Lipinski definition) is 0. The van der Waals surface area contributed by atoms with Crippen molar-refractivity contribution in [1.29, 1.82) is 0 Å². The van der Waals surface area contributed by atoms with Gasteiger partial charge in [0.2, 0.25) is 5.95 Å². The fourth-order valence-corrected chi connectivity index (χ4v) is 3.86. The van der Waals surface area contributed by atoms with Crippen LogP contribution in [0, 0.1) is 0 Å². The second kappa shape index (κ2) is 6.67. The highest BCUT2D eigenvalue weighted by Crippen LogP contribution is 2.34. The predicted molar refractivity (Wildman–Crippen MR) is 108 cm³/mol. The van der Waals surface area contributed by atoms with Gasteiger partial charge in [0, 0.05) is 24.0 Å². The van der Waals surface area contributed by atoms with Gasteiger partial charge in [0.05, 0.1) is 19.7 Å². The summed E-state index contributed by atoms with van der Waals surface area (Å²) < 4.78 is 12.9. The van der Waals surface area contributed by atoms with E-state index in [9.17, 15) is 0 Å². The maximum Gasteiger partial charge on any atom is 0.213 e. The first-order valence-electron chi connectivity index (χ1n) is 9.41. The summed E-state index contributed by atoms with van der Waals surface area (Å²) in [6.07, 6.45) is 2.34. The second-order valence-corrected chi connectivity index (χ2v) is 6.88. The minimum Gasteiger partial charge on any atom is -0.493 e. The first kappa shape index (κ1) is 16.8. The van der Waals surface area contributed by atoms with Crippen LogP contribution in [0.3, 0.4) is 0 Å². The number of methoxy groups -OCH3 is 2. The Bertz CT molecular complexity index is 1160. The van der Waals surface area contributed by atoms with Crippen molar-refractivity contribution in [3.63, 3.8) is 0 Å². The Morgan fingerprint density at radius 2 is 1.68 bits per heavy atom. The van der Waals surface area contributed by atoms with Crippen molar-refractivity contribution in [2.75, 3.05) is 32.2 Å². The SMILES string of the molecule is COc1ccc(-c2nnc3c4ccccc4nc(N4CCCC4)n23)cc1OC. The van der Waals surface area contributed by atoms with E-state index in [4.69, 9.17) is 14.5 Å². The van der Waals surface area contributed by atoms with Crippen LogP contribution in [0.5, 0.6) is 11.5 Å². The lowest BCUT2D eigenvalue weighted by atomic mass is 10.2. The van der Waals surface area contributed by atoms with Gasteiger partial charge < -0.3 is 14.4 Å². The molecular weight excluding hydrogens is 354 g/mol. The maximum absolute atomic E-state index is 5.48. The summed E-state index contributed by atoms with van der Waals surface area (Å²) in [6.45, 7) is 1.98. The largest absolute Gasteiger partial charge is 0.493 e. The maximum atomic E-state index is 5.48. The normalized spacial score (nSPS) is 14.1. The molecule has 1 fully saturated rings. The zero-order valence-corrected chi connectivity index (χ0v) is 15.9. The number of aromatic nitrogens is 4. The molecule has 3 heterocycles. The lowest BCUT2D eigenvalue weighted by Crippen LogP contribution is -2.22. The summed E-state index contributed by atoms with van der Waals surface area (Å²) in [4.78, 5) is 7.29. The average molecular weight is 375 g/mol. The lowest BCUT2D eigenvalue weighted by molar-refractivity contribution is 0.355. The van der Waals surface area contributed by atoms with Crippen molar-refractivity contribution in [3.8, 4) is 22.9 Å². The van der Waals surface area contributed by atoms with Crippen LogP contribution in [0.15, 0.2) is 42.5 Å². The van der Waals surface area contributed by atoms with E-state index < -0.39 is 0 Å². The fourth-order valence-electron chi connectivity index (χ4n) is 3.86. The van der Waals surface area contributed by atoms with E-state index in [0.717, 1.165) is 47.0 Å². The molecular formula is C21H21N5O2. The van der Waals surface area contributed by atoms with Gasteiger partial charge >= 0.3 is 0 Å².